The highest BCUT2D eigenvalue weighted by Gasteiger charge is 2.26. The molecule has 0 aliphatic carbocycles. The molecule has 2 amide bonds. The Hall–Kier alpha value is -2.37. The summed E-state index contributed by atoms with van der Waals surface area (Å²) in [5.74, 6) is -1.41. The number of hydrogen-bond acceptors (Lipinski definition) is 3. The molecule has 0 aromatic heterocycles. The molecule has 1 aromatic rings. The number of amides is 2. The molecule has 1 atom stereocenters. The van der Waals surface area contributed by atoms with Gasteiger partial charge in [-0.1, -0.05) is 0 Å². The van der Waals surface area contributed by atoms with E-state index < -0.39 is 12.0 Å². The summed E-state index contributed by atoms with van der Waals surface area (Å²) in [6, 6.07) is 4.23. The first-order valence-electron chi connectivity index (χ1n) is 6.74. The van der Waals surface area contributed by atoms with Crippen LogP contribution in [0.25, 0.3) is 0 Å². The minimum atomic E-state index is -1.05. The Morgan fingerprint density at radius 2 is 2.00 bits per heavy atom. The SMILES string of the molecule is CC(=O)N1CCc2cc(C(=O)N(C)[C@H](C)C(=O)O)ccc21. The van der Waals surface area contributed by atoms with Crippen molar-refractivity contribution in [2.45, 2.75) is 26.3 Å². The fourth-order valence-corrected chi connectivity index (χ4v) is 2.41. The summed E-state index contributed by atoms with van der Waals surface area (Å²) in [5.41, 5.74) is 2.20. The average Bonchev–Trinajstić information content (AvgIpc) is 2.87. The van der Waals surface area contributed by atoms with Gasteiger partial charge in [-0.15, -0.1) is 0 Å². The molecule has 1 aliphatic rings. The van der Waals surface area contributed by atoms with Crippen molar-refractivity contribution in [2.24, 2.45) is 0 Å². The van der Waals surface area contributed by atoms with Gasteiger partial charge in [-0.25, -0.2) is 4.79 Å². The van der Waals surface area contributed by atoms with Crippen LogP contribution in [0.4, 0.5) is 5.69 Å². The number of aliphatic carboxylic acids is 1. The van der Waals surface area contributed by atoms with E-state index in [-0.39, 0.29) is 11.8 Å². The zero-order valence-corrected chi connectivity index (χ0v) is 12.3. The van der Waals surface area contributed by atoms with E-state index in [0.717, 1.165) is 11.3 Å². The van der Waals surface area contributed by atoms with Crippen LogP contribution in [-0.2, 0) is 16.0 Å². The molecule has 0 unspecified atom stereocenters. The highest BCUT2D eigenvalue weighted by molar-refractivity contribution is 5.99. The van der Waals surface area contributed by atoms with Crippen molar-refractivity contribution in [3.63, 3.8) is 0 Å². The fraction of sp³-hybridized carbons (Fsp3) is 0.400. The maximum Gasteiger partial charge on any atom is 0.326 e. The lowest BCUT2D eigenvalue weighted by molar-refractivity contribution is -0.141. The zero-order chi connectivity index (χ0) is 15.7. The Kier molecular flexibility index (Phi) is 3.97. The number of rotatable bonds is 3. The van der Waals surface area contributed by atoms with E-state index in [9.17, 15) is 14.4 Å². The molecule has 6 nitrogen and oxygen atoms in total. The lowest BCUT2D eigenvalue weighted by Crippen LogP contribution is -2.40. The molecular formula is C15H18N2O4. The molecule has 2 rings (SSSR count). The summed E-state index contributed by atoms with van der Waals surface area (Å²) < 4.78 is 0. The minimum Gasteiger partial charge on any atom is -0.480 e. The third kappa shape index (κ3) is 2.74. The lowest BCUT2D eigenvalue weighted by Gasteiger charge is -2.22. The first-order chi connectivity index (χ1) is 9.82. The maximum absolute atomic E-state index is 12.3. The molecule has 112 valence electrons. The molecule has 0 radical (unpaired) electrons. The number of carboxylic acid groups (broad SMARTS) is 1. The molecule has 0 spiro atoms. The van der Waals surface area contributed by atoms with E-state index in [1.807, 2.05) is 0 Å². The molecule has 21 heavy (non-hydrogen) atoms. The fourth-order valence-electron chi connectivity index (χ4n) is 2.41. The Morgan fingerprint density at radius 3 is 2.57 bits per heavy atom. The van der Waals surface area contributed by atoms with Gasteiger partial charge < -0.3 is 14.9 Å². The minimum absolute atomic E-state index is 0.0237. The van der Waals surface area contributed by atoms with E-state index in [1.165, 1.54) is 25.8 Å². The monoisotopic (exact) mass is 290 g/mol. The van der Waals surface area contributed by atoms with Gasteiger partial charge >= 0.3 is 5.97 Å². The first kappa shape index (κ1) is 15.0. The molecule has 1 N–H and O–H groups in total. The lowest BCUT2D eigenvalue weighted by atomic mass is 10.1. The highest BCUT2D eigenvalue weighted by atomic mass is 16.4. The summed E-state index contributed by atoms with van der Waals surface area (Å²) in [5, 5.41) is 8.96. The molecule has 0 bridgehead atoms. The Bertz CT molecular complexity index is 612. The van der Waals surface area contributed by atoms with E-state index in [4.69, 9.17) is 5.11 Å². The van der Waals surface area contributed by atoms with Gasteiger partial charge in [0.2, 0.25) is 5.91 Å². The average molecular weight is 290 g/mol. The molecule has 6 heteroatoms. The van der Waals surface area contributed by atoms with Gasteiger partial charge in [-0.3, -0.25) is 9.59 Å². The number of benzene rings is 1. The zero-order valence-electron chi connectivity index (χ0n) is 12.3. The first-order valence-corrected chi connectivity index (χ1v) is 6.74. The standard InChI is InChI=1S/C15H18N2O4/c1-9(15(20)21)16(3)14(19)12-4-5-13-11(8-12)6-7-17(13)10(2)18/h4-5,8-9H,6-7H2,1-3H3,(H,20,21)/t9-/m1/s1. The van der Waals surface area contributed by atoms with Gasteiger partial charge in [0.25, 0.3) is 5.91 Å². The topological polar surface area (TPSA) is 77.9 Å². The van der Waals surface area contributed by atoms with Crippen molar-refractivity contribution < 1.29 is 19.5 Å². The van der Waals surface area contributed by atoms with Crippen molar-refractivity contribution in [3.05, 3.63) is 29.3 Å². The van der Waals surface area contributed by atoms with Crippen LogP contribution < -0.4 is 4.90 Å². The molecule has 1 aromatic carbocycles. The number of carbonyl (C=O) groups excluding carboxylic acids is 2. The van der Waals surface area contributed by atoms with Crippen LogP contribution in [0, 0.1) is 0 Å². The summed E-state index contributed by atoms with van der Waals surface area (Å²) in [7, 11) is 1.47. The van der Waals surface area contributed by atoms with Gasteiger partial charge in [-0.05, 0) is 37.1 Å². The van der Waals surface area contributed by atoms with E-state index in [0.29, 0.717) is 18.5 Å². The molecular weight excluding hydrogens is 272 g/mol. The van der Waals surface area contributed by atoms with Gasteiger partial charge in [0, 0.05) is 31.8 Å². The second kappa shape index (κ2) is 5.55. The van der Waals surface area contributed by atoms with Crippen LogP contribution in [-0.4, -0.2) is 47.4 Å². The number of carbonyl (C=O) groups is 3. The van der Waals surface area contributed by atoms with Crippen LogP contribution in [0.3, 0.4) is 0 Å². The molecule has 1 heterocycles. The van der Waals surface area contributed by atoms with E-state index >= 15 is 0 Å². The summed E-state index contributed by atoms with van der Waals surface area (Å²) in [4.78, 5) is 37.6. The van der Waals surface area contributed by atoms with Gasteiger partial charge in [-0.2, -0.15) is 0 Å². The van der Waals surface area contributed by atoms with Crippen LogP contribution in [0.15, 0.2) is 18.2 Å². The molecule has 1 aliphatic heterocycles. The predicted octanol–water partition coefficient (Wildman–Crippen LogP) is 1.14. The predicted molar refractivity (Wildman–Crippen MR) is 77.4 cm³/mol. The van der Waals surface area contributed by atoms with Crippen LogP contribution >= 0.6 is 0 Å². The Balaban J connectivity index is 2.26. The summed E-state index contributed by atoms with van der Waals surface area (Å²) >= 11 is 0. The number of likely N-dealkylation sites (N-methyl/N-ethyl adjacent to an activating group) is 1. The largest absolute Gasteiger partial charge is 0.480 e. The normalized spacial score (nSPS) is 14.5. The van der Waals surface area contributed by atoms with Crippen molar-refractivity contribution in [2.75, 3.05) is 18.5 Å². The van der Waals surface area contributed by atoms with Crippen molar-refractivity contribution in [1.82, 2.24) is 4.90 Å². The van der Waals surface area contributed by atoms with Gasteiger partial charge in [0.15, 0.2) is 0 Å². The van der Waals surface area contributed by atoms with Crippen LogP contribution in [0.1, 0.15) is 29.8 Å². The number of anilines is 1. The molecule has 0 fully saturated rings. The number of fused-ring (bicyclic) bond motifs is 1. The highest BCUT2D eigenvalue weighted by Crippen LogP contribution is 2.29. The van der Waals surface area contributed by atoms with Crippen LogP contribution in [0.2, 0.25) is 0 Å². The third-order valence-electron chi connectivity index (χ3n) is 3.86. The summed E-state index contributed by atoms with van der Waals surface area (Å²) in [6.45, 7) is 3.59. The van der Waals surface area contributed by atoms with E-state index in [2.05, 4.69) is 0 Å². The third-order valence-corrected chi connectivity index (χ3v) is 3.86. The number of hydrogen-bond donors (Lipinski definition) is 1. The number of nitrogens with zero attached hydrogens (tertiary/aromatic N) is 2. The summed E-state index contributed by atoms with van der Waals surface area (Å²) in [6.07, 6.45) is 0.703. The van der Waals surface area contributed by atoms with Crippen molar-refractivity contribution in [3.8, 4) is 0 Å². The maximum atomic E-state index is 12.3. The second-order valence-corrected chi connectivity index (χ2v) is 5.19. The van der Waals surface area contributed by atoms with E-state index in [1.54, 1.807) is 23.1 Å². The second-order valence-electron chi connectivity index (χ2n) is 5.19. The smallest absolute Gasteiger partial charge is 0.326 e. The molecule has 0 saturated heterocycles. The Labute approximate surface area is 123 Å². The van der Waals surface area contributed by atoms with Crippen molar-refractivity contribution >= 4 is 23.5 Å². The quantitative estimate of drug-likeness (QED) is 0.905. The van der Waals surface area contributed by atoms with Crippen molar-refractivity contribution in [1.29, 1.82) is 0 Å². The molecule has 0 saturated carbocycles. The van der Waals surface area contributed by atoms with Gasteiger partial charge in [0.05, 0.1) is 0 Å². The number of carboxylic acids is 1. The van der Waals surface area contributed by atoms with Gasteiger partial charge in [0.1, 0.15) is 6.04 Å². The Morgan fingerprint density at radius 1 is 1.33 bits per heavy atom. The van der Waals surface area contributed by atoms with Crippen LogP contribution in [0.5, 0.6) is 0 Å².